The lowest BCUT2D eigenvalue weighted by Crippen LogP contribution is -2.32. The predicted molar refractivity (Wildman–Crippen MR) is 92.6 cm³/mol. The number of hydrogen-bond acceptors (Lipinski definition) is 5. The predicted octanol–water partition coefficient (Wildman–Crippen LogP) is 2.30. The summed E-state index contributed by atoms with van der Waals surface area (Å²) in [6, 6.07) is 9.80. The van der Waals surface area contributed by atoms with E-state index in [1.807, 2.05) is 0 Å². The van der Waals surface area contributed by atoms with Crippen LogP contribution >= 0.6 is 23.2 Å². The van der Waals surface area contributed by atoms with Crippen molar-refractivity contribution in [3.8, 4) is 0 Å². The number of ether oxygens (including phenoxy) is 1. The van der Waals surface area contributed by atoms with Gasteiger partial charge in [-0.3, -0.25) is 14.4 Å². The zero-order chi connectivity index (χ0) is 18.2. The molecule has 7 nitrogen and oxygen atoms in total. The van der Waals surface area contributed by atoms with Gasteiger partial charge in [0.15, 0.2) is 12.4 Å². The van der Waals surface area contributed by atoms with E-state index in [2.05, 4.69) is 15.6 Å². The fourth-order valence-corrected chi connectivity index (χ4v) is 2.14. The highest BCUT2D eigenvalue weighted by atomic mass is 35.5. The number of anilines is 1. The van der Waals surface area contributed by atoms with Crippen LogP contribution in [0.25, 0.3) is 0 Å². The summed E-state index contributed by atoms with van der Waals surface area (Å²) in [5, 5.41) is 5.25. The smallest absolute Gasteiger partial charge is 0.325 e. The van der Waals surface area contributed by atoms with Crippen molar-refractivity contribution in [3.63, 3.8) is 0 Å². The minimum Gasteiger partial charge on any atom is -0.454 e. The zero-order valence-corrected chi connectivity index (χ0v) is 14.3. The molecule has 1 aromatic heterocycles. The van der Waals surface area contributed by atoms with Crippen LogP contribution in [0.4, 0.5) is 5.82 Å². The first-order chi connectivity index (χ1) is 12.0. The third kappa shape index (κ3) is 6.06. The maximum atomic E-state index is 11.8. The first kappa shape index (κ1) is 18.7. The van der Waals surface area contributed by atoms with Gasteiger partial charge in [-0.05, 0) is 18.2 Å². The van der Waals surface area contributed by atoms with Gasteiger partial charge < -0.3 is 15.4 Å². The molecule has 130 valence electrons. The van der Waals surface area contributed by atoms with E-state index in [1.165, 1.54) is 12.3 Å². The zero-order valence-electron chi connectivity index (χ0n) is 12.8. The van der Waals surface area contributed by atoms with Crippen LogP contribution in [0.2, 0.25) is 10.0 Å². The van der Waals surface area contributed by atoms with Crippen molar-refractivity contribution < 1.29 is 19.1 Å². The number of benzene rings is 1. The van der Waals surface area contributed by atoms with E-state index in [0.29, 0.717) is 10.6 Å². The molecule has 0 aliphatic rings. The van der Waals surface area contributed by atoms with Crippen molar-refractivity contribution in [2.24, 2.45) is 0 Å². The van der Waals surface area contributed by atoms with Gasteiger partial charge >= 0.3 is 5.97 Å². The van der Waals surface area contributed by atoms with Gasteiger partial charge in [0.2, 0.25) is 0 Å². The summed E-state index contributed by atoms with van der Waals surface area (Å²) >= 11 is 11.6. The summed E-state index contributed by atoms with van der Waals surface area (Å²) in [6.07, 6.45) is 1.31. The lowest BCUT2D eigenvalue weighted by molar-refractivity contribution is -0.146. The van der Waals surface area contributed by atoms with E-state index >= 15 is 0 Å². The highest BCUT2D eigenvalue weighted by Gasteiger charge is 2.12. The van der Waals surface area contributed by atoms with E-state index in [1.54, 1.807) is 30.3 Å². The Labute approximate surface area is 153 Å². The minimum absolute atomic E-state index is 0.101. The Morgan fingerprint density at radius 3 is 2.52 bits per heavy atom. The summed E-state index contributed by atoms with van der Waals surface area (Å²) < 4.78 is 4.76. The van der Waals surface area contributed by atoms with Crippen LogP contribution in [0.3, 0.4) is 0 Å². The number of nitrogens with zero attached hydrogens (tertiary/aromatic N) is 1. The molecule has 0 saturated carbocycles. The number of nitrogens with one attached hydrogen (secondary N) is 2. The molecule has 0 unspecified atom stereocenters. The fraction of sp³-hybridized carbons (Fsp3) is 0.125. The summed E-state index contributed by atoms with van der Waals surface area (Å²) in [7, 11) is 0. The molecule has 0 atom stereocenters. The van der Waals surface area contributed by atoms with E-state index in [-0.39, 0.29) is 17.4 Å². The quantitative estimate of drug-likeness (QED) is 0.748. The molecule has 2 N–H and O–H groups in total. The number of pyridine rings is 1. The Balaban J connectivity index is 1.74. The highest BCUT2D eigenvalue weighted by molar-refractivity contribution is 6.36. The number of aromatic nitrogens is 1. The molecule has 25 heavy (non-hydrogen) atoms. The lowest BCUT2D eigenvalue weighted by Gasteiger charge is -2.08. The average Bonchev–Trinajstić information content (AvgIpc) is 2.61. The number of carbonyl (C=O) groups is 3. The molecule has 0 aliphatic heterocycles. The molecule has 9 heteroatoms. The summed E-state index contributed by atoms with van der Waals surface area (Å²) in [5.74, 6) is -1.70. The summed E-state index contributed by atoms with van der Waals surface area (Å²) in [6.45, 7) is -0.901. The van der Waals surface area contributed by atoms with E-state index < -0.39 is 24.4 Å². The van der Waals surface area contributed by atoms with Crippen LogP contribution in [0.5, 0.6) is 0 Å². The SMILES string of the molecule is O=C(COC(=O)CNC(=O)c1ccccc1)Nc1ncc(Cl)cc1Cl. The standard InChI is InChI=1S/C16H13Cl2N3O4/c17-11-6-12(18)15(19-7-11)21-13(22)9-25-14(23)8-20-16(24)10-4-2-1-3-5-10/h1-7H,8-9H2,(H,20,24)(H,19,21,22). The van der Waals surface area contributed by atoms with Crippen LogP contribution in [-0.2, 0) is 14.3 Å². The second-order valence-corrected chi connectivity index (χ2v) is 5.59. The molecule has 0 saturated heterocycles. The van der Waals surface area contributed by atoms with E-state index in [0.717, 1.165) is 0 Å². The number of carbonyl (C=O) groups excluding carboxylic acids is 3. The average molecular weight is 382 g/mol. The van der Waals surface area contributed by atoms with Crippen LogP contribution < -0.4 is 10.6 Å². The molecule has 0 radical (unpaired) electrons. The normalized spacial score (nSPS) is 10.0. The van der Waals surface area contributed by atoms with Gasteiger partial charge in [-0.2, -0.15) is 0 Å². The Kier molecular flexibility index (Phi) is 6.73. The first-order valence-electron chi connectivity index (χ1n) is 7.05. The van der Waals surface area contributed by atoms with Gasteiger partial charge in [-0.1, -0.05) is 41.4 Å². The number of rotatable bonds is 6. The fourth-order valence-electron chi connectivity index (χ4n) is 1.72. The van der Waals surface area contributed by atoms with E-state index in [9.17, 15) is 14.4 Å². The van der Waals surface area contributed by atoms with Gasteiger partial charge in [0.25, 0.3) is 11.8 Å². The molecular formula is C16H13Cl2N3O4. The Hall–Kier alpha value is -2.64. The van der Waals surface area contributed by atoms with Gasteiger partial charge in [-0.15, -0.1) is 0 Å². The molecule has 2 aromatic rings. The number of esters is 1. The van der Waals surface area contributed by atoms with Crippen LogP contribution in [0, 0.1) is 0 Å². The largest absolute Gasteiger partial charge is 0.454 e. The van der Waals surface area contributed by atoms with Gasteiger partial charge in [-0.25, -0.2) is 4.98 Å². The van der Waals surface area contributed by atoms with E-state index in [4.69, 9.17) is 27.9 Å². The second-order valence-electron chi connectivity index (χ2n) is 4.74. The number of hydrogen-bond donors (Lipinski definition) is 2. The van der Waals surface area contributed by atoms with Gasteiger partial charge in [0, 0.05) is 11.8 Å². The molecule has 0 spiro atoms. The number of halogens is 2. The molecule has 1 aromatic carbocycles. The van der Waals surface area contributed by atoms with Crippen molar-refractivity contribution in [1.82, 2.24) is 10.3 Å². The summed E-state index contributed by atoms with van der Waals surface area (Å²) in [5.41, 5.74) is 0.413. The second kappa shape index (κ2) is 9.00. The van der Waals surface area contributed by atoms with Crippen molar-refractivity contribution >= 4 is 46.8 Å². The van der Waals surface area contributed by atoms with Crippen molar-refractivity contribution in [1.29, 1.82) is 0 Å². The Bertz CT molecular complexity index is 784. The summed E-state index contributed by atoms with van der Waals surface area (Å²) in [4.78, 5) is 38.9. The number of amides is 2. The highest BCUT2D eigenvalue weighted by Crippen LogP contribution is 2.22. The molecule has 1 heterocycles. The Morgan fingerprint density at radius 2 is 1.84 bits per heavy atom. The van der Waals surface area contributed by atoms with Crippen molar-refractivity contribution in [2.45, 2.75) is 0 Å². The van der Waals surface area contributed by atoms with Crippen LogP contribution in [0.15, 0.2) is 42.6 Å². The molecule has 0 aliphatic carbocycles. The third-order valence-corrected chi connectivity index (χ3v) is 3.35. The monoisotopic (exact) mass is 381 g/mol. The topological polar surface area (TPSA) is 97.4 Å². The third-order valence-electron chi connectivity index (χ3n) is 2.86. The molecule has 0 bridgehead atoms. The minimum atomic E-state index is -0.755. The maximum Gasteiger partial charge on any atom is 0.325 e. The Morgan fingerprint density at radius 1 is 1.12 bits per heavy atom. The van der Waals surface area contributed by atoms with Crippen LogP contribution in [-0.4, -0.2) is 35.9 Å². The van der Waals surface area contributed by atoms with Crippen molar-refractivity contribution in [2.75, 3.05) is 18.5 Å². The van der Waals surface area contributed by atoms with Gasteiger partial charge in [0.05, 0.1) is 10.0 Å². The molecule has 2 rings (SSSR count). The molecular weight excluding hydrogens is 369 g/mol. The first-order valence-corrected chi connectivity index (χ1v) is 7.81. The van der Waals surface area contributed by atoms with Crippen LogP contribution in [0.1, 0.15) is 10.4 Å². The lowest BCUT2D eigenvalue weighted by atomic mass is 10.2. The molecule has 0 fully saturated rings. The van der Waals surface area contributed by atoms with Gasteiger partial charge in [0.1, 0.15) is 6.54 Å². The molecule has 2 amide bonds. The maximum absolute atomic E-state index is 11.8. The van der Waals surface area contributed by atoms with Crippen molar-refractivity contribution in [3.05, 3.63) is 58.2 Å².